The summed E-state index contributed by atoms with van der Waals surface area (Å²) in [6.45, 7) is 4.18. The molecule has 0 saturated carbocycles. The van der Waals surface area contributed by atoms with Crippen molar-refractivity contribution in [1.29, 1.82) is 0 Å². The Morgan fingerprint density at radius 3 is 2.36 bits per heavy atom. The lowest BCUT2D eigenvalue weighted by molar-refractivity contribution is 0.0526. The van der Waals surface area contributed by atoms with Crippen molar-refractivity contribution in [2.24, 2.45) is 0 Å². The third kappa shape index (κ3) is 5.56. The topological polar surface area (TPSA) is 109 Å². The SMILES string of the molecule is CCOC(=O)c1ccccc1N1CCN(C(=O)c2ccc(NS(=O)(=O)c3cccc4cccnc34)cc2)CC1. The number of piperazine rings is 1. The number of pyridine rings is 1. The molecule has 0 aliphatic carbocycles. The van der Waals surface area contributed by atoms with Crippen LogP contribution in [0.25, 0.3) is 10.9 Å². The van der Waals surface area contributed by atoms with Crippen molar-refractivity contribution in [3.8, 4) is 0 Å². The first-order valence-electron chi connectivity index (χ1n) is 12.6. The molecule has 5 rings (SSSR count). The van der Waals surface area contributed by atoms with Gasteiger partial charge in [-0.3, -0.25) is 14.5 Å². The molecule has 1 N–H and O–H groups in total. The van der Waals surface area contributed by atoms with Crippen LogP contribution >= 0.6 is 0 Å². The van der Waals surface area contributed by atoms with Gasteiger partial charge in [-0.1, -0.05) is 30.3 Å². The lowest BCUT2D eigenvalue weighted by Crippen LogP contribution is -2.49. The molecule has 9 nitrogen and oxygen atoms in total. The number of aromatic nitrogens is 1. The minimum absolute atomic E-state index is 0.0863. The zero-order chi connectivity index (χ0) is 27.4. The highest BCUT2D eigenvalue weighted by Gasteiger charge is 2.25. The summed E-state index contributed by atoms with van der Waals surface area (Å²) < 4.78 is 33.9. The highest BCUT2D eigenvalue weighted by atomic mass is 32.2. The van der Waals surface area contributed by atoms with Gasteiger partial charge in [0, 0.05) is 49.0 Å². The van der Waals surface area contributed by atoms with E-state index in [-0.39, 0.29) is 16.8 Å². The van der Waals surface area contributed by atoms with Gasteiger partial charge in [0.15, 0.2) is 0 Å². The number of fused-ring (bicyclic) bond motifs is 1. The van der Waals surface area contributed by atoms with E-state index in [9.17, 15) is 18.0 Å². The summed E-state index contributed by atoms with van der Waals surface area (Å²) in [5.74, 6) is -0.500. The first-order chi connectivity index (χ1) is 18.9. The molecule has 0 unspecified atom stereocenters. The molecule has 0 radical (unpaired) electrons. The van der Waals surface area contributed by atoms with Crippen LogP contribution in [0, 0.1) is 0 Å². The van der Waals surface area contributed by atoms with E-state index in [1.165, 1.54) is 6.07 Å². The molecule has 1 fully saturated rings. The third-order valence-corrected chi connectivity index (χ3v) is 7.99. The maximum Gasteiger partial charge on any atom is 0.340 e. The van der Waals surface area contributed by atoms with Crippen LogP contribution in [0.1, 0.15) is 27.6 Å². The van der Waals surface area contributed by atoms with Crippen LogP contribution in [0.15, 0.2) is 90.0 Å². The van der Waals surface area contributed by atoms with Gasteiger partial charge in [0.2, 0.25) is 0 Å². The van der Waals surface area contributed by atoms with E-state index in [2.05, 4.69) is 14.6 Å². The maximum atomic E-state index is 13.2. The average Bonchev–Trinajstić information content (AvgIpc) is 2.97. The molecule has 200 valence electrons. The number of nitrogens with one attached hydrogen (secondary N) is 1. The number of benzene rings is 3. The van der Waals surface area contributed by atoms with Gasteiger partial charge in [-0.15, -0.1) is 0 Å². The molecule has 0 atom stereocenters. The number of esters is 1. The second-order valence-electron chi connectivity index (χ2n) is 9.03. The second-order valence-corrected chi connectivity index (χ2v) is 10.7. The summed E-state index contributed by atoms with van der Waals surface area (Å²) in [5, 5.41) is 0.728. The second kappa shape index (κ2) is 11.1. The number of carbonyl (C=O) groups is 2. The van der Waals surface area contributed by atoms with E-state index in [4.69, 9.17) is 4.74 Å². The molecule has 1 aromatic heterocycles. The van der Waals surface area contributed by atoms with Crippen molar-refractivity contribution in [1.82, 2.24) is 9.88 Å². The van der Waals surface area contributed by atoms with Crippen molar-refractivity contribution < 1.29 is 22.7 Å². The number of carbonyl (C=O) groups excluding carboxylic acids is 2. The van der Waals surface area contributed by atoms with Crippen LogP contribution in [0.4, 0.5) is 11.4 Å². The number of para-hydroxylation sites is 2. The fraction of sp³-hybridized carbons (Fsp3) is 0.207. The smallest absolute Gasteiger partial charge is 0.340 e. The summed E-state index contributed by atoms with van der Waals surface area (Å²) in [5.41, 5.74) is 2.51. The quantitative estimate of drug-likeness (QED) is 0.348. The van der Waals surface area contributed by atoms with Crippen LogP contribution in [0.5, 0.6) is 0 Å². The summed E-state index contributed by atoms with van der Waals surface area (Å²) in [7, 11) is -3.89. The molecular formula is C29H28N4O5S. The normalized spacial score (nSPS) is 13.8. The molecule has 1 amide bonds. The van der Waals surface area contributed by atoms with Gasteiger partial charge < -0.3 is 14.5 Å². The molecule has 1 aliphatic heterocycles. The Morgan fingerprint density at radius 1 is 0.897 bits per heavy atom. The molecule has 3 aromatic carbocycles. The third-order valence-electron chi connectivity index (χ3n) is 6.58. The number of rotatable bonds is 7. The summed E-state index contributed by atoms with van der Waals surface area (Å²) in [6, 6.07) is 22.3. The van der Waals surface area contributed by atoms with Crippen LogP contribution < -0.4 is 9.62 Å². The lowest BCUT2D eigenvalue weighted by Gasteiger charge is -2.36. The van der Waals surface area contributed by atoms with Gasteiger partial charge >= 0.3 is 5.97 Å². The molecule has 0 bridgehead atoms. The first kappa shape index (κ1) is 26.2. The van der Waals surface area contributed by atoms with Crippen LogP contribution in [-0.4, -0.2) is 63.0 Å². The molecule has 39 heavy (non-hydrogen) atoms. The largest absolute Gasteiger partial charge is 0.462 e. The molecule has 4 aromatic rings. The van der Waals surface area contributed by atoms with Crippen molar-refractivity contribution in [3.05, 3.63) is 96.2 Å². The Balaban J connectivity index is 1.24. The number of hydrogen-bond acceptors (Lipinski definition) is 7. The van der Waals surface area contributed by atoms with Crippen molar-refractivity contribution >= 4 is 44.2 Å². The molecule has 0 spiro atoms. The van der Waals surface area contributed by atoms with E-state index in [1.54, 1.807) is 78.7 Å². The highest BCUT2D eigenvalue weighted by molar-refractivity contribution is 7.93. The summed E-state index contributed by atoms with van der Waals surface area (Å²) in [6.07, 6.45) is 1.56. The van der Waals surface area contributed by atoms with E-state index in [0.717, 1.165) is 11.1 Å². The van der Waals surface area contributed by atoms with E-state index < -0.39 is 10.0 Å². The van der Waals surface area contributed by atoms with Crippen LogP contribution in [-0.2, 0) is 14.8 Å². The number of hydrogen-bond donors (Lipinski definition) is 1. The number of sulfonamides is 1. The van der Waals surface area contributed by atoms with Crippen molar-refractivity contribution in [2.75, 3.05) is 42.4 Å². The predicted octanol–water partition coefficient (Wildman–Crippen LogP) is 4.17. The Kier molecular flexibility index (Phi) is 7.47. The molecule has 1 saturated heterocycles. The molecular weight excluding hydrogens is 516 g/mol. The molecule has 2 heterocycles. The van der Waals surface area contributed by atoms with Gasteiger partial charge in [0.25, 0.3) is 15.9 Å². The Labute approximate surface area is 227 Å². The highest BCUT2D eigenvalue weighted by Crippen LogP contribution is 2.25. The Hall–Kier alpha value is -4.44. The number of amides is 1. The molecule has 1 aliphatic rings. The van der Waals surface area contributed by atoms with Crippen molar-refractivity contribution in [2.45, 2.75) is 11.8 Å². The Morgan fingerprint density at radius 2 is 1.62 bits per heavy atom. The fourth-order valence-corrected chi connectivity index (χ4v) is 5.89. The van der Waals surface area contributed by atoms with Gasteiger partial charge in [-0.2, -0.15) is 0 Å². The maximum absolute atomic E-state index is 13.2. The van der Waals surface area contributed by atoms with E-state index in [1.807, 2.05) is 12.1 Å². The number of anilines is 2. The van der Waals surface area contributed by atoms with E-state index >= 15 is 0 Å². The van der Waals surface area contributed by atoms with Gasteiger partial charge in [0.05, 0.1) is 23.4 Å². The van der Waals surface area contributed by atoms with Gasteiger partial charge in [-0.05, 0) is 55.5 Å². The van der Waals surface area contributed by atoms with Crippen LogP contribution in [0.3, 0.4) is 0 Å². The minimum Gasteiger partial charge on any atom is -0.462 e. The van der Waals surface area contributed by atoms with Gasteiger partial charge in [0.1, 0.15) is 4.90 Å². The number of ether oxygens (including phenoxy) is 1. The number of nitrogens with zero attached hydrogens (tertiary/aromatic N) is 3. The van der Waals surface area contributed by atoms with Crippen molar-refractivity contribution in [3.63, 3.8) is 0 Å². The predicted molar refractivity (Wildman–Crippen MR) is 150 cm³/mol. The van der Waals surface area contributed by atoms with Crippen LogP contribution in [0.2, 0.25) is 0 Å². The zero-order valence-corrected chi connectivity index (χ0v) is 22.2. The zero-order valence-electron chi connectivity index (χ0n) is 21.4. The first-order valence-corrected chi connectivity index (χ1v) is 14.1. The monoisotopic (exact) mass is 544 g/mol. The minimum atomic E-state index is -3.89. The lowest BCUT2D eigenvalue weighted by atomic mass is 10.1. The summed E-state index contributed by atoms with van der Waals surface area (Å²) >= 11 is 0. The standard InChI is InChI=1S/C29H28N4O5S/c1-2-38-29(35)24-9-3-4-10-25(24)32-17-19-33(20-18-32)28(34)22-12-14-23(15-13-22)31-39(36,37)26-11-5-7-21-8-6-16-30-27(21)26/h3-16,31H,2,17-20H2,1H3. The van der Waals surface area contributed by atoms with Gasteiger partial charge in [-0.25, -0.2) is 13.2 Å². The fourth-order valence-electron chi connectivity index (χ4n) is 4.65. The van der Waals surface area contributed by atoms with E-state index in [0.29, 0.717) is 55.1 Å². The summed E-state index contributed by atoms with van der Waals surface area (Å²) in [4.78, 5) is 33.7. The molecule has 10 heteroatoms. The average molecular weight is 545 g/mol. The Bertz CT molecular complexity index is 1610.